The van der Waals surface area contributed by atoms with Crippen molar-refractivity contribution in [1.82, 2.24) is 9.88 Å². The van der Waals surface area contributed by atoms with Crippen LogP contribution in [0.1, 0.15) is 12.0 Å². The molecule has 0 radical (unpaired) electrons. The molecule has 2 rings (SSSR count). The fourth-order valence-electron chi connectivity index (χ4n) is 2.34. The lowest BCUT2D eigenvalue weighted by Crippen LogP contribution is -2.32. The zero-order chi connectivity index (χ0) is 13.7. The maximum absolute atomic E-state index is 9.06. The zero-order valence-electron chi connectivity index (χ0n) is 10.9. The maximum Gasteiger partial charge on any atom is 0.147 e. The molecule has 0 unspecified atom stereocenters. The molecule has 0 bridgehead atoms. The Morgan fingerprint density at radius 3 is 2.74 bits per heavy atom. The molecule has 0 saturated carbocycles. The van der Waals surface area contributed by atoms with E-state index in [4.69, 9.17) is 21.8 Å². The summed E-state index contributed by atoms with van der Waals surface area (Å²) in [6.07, 6.45) is 2.69. The topological polar surface area (TPSA) is 59.8 Å². The van der Waals surface area contributed by atoms with Crippen LogP contribution in [0, 0.1) is 0 Å². The van der Waals surface area contributed by atoms with Gasteiger partial charge in [-0.05, 0) is 24.6 Å². The van der Waals surface area contributed by atoms with E-state index >= 15 is 0 Å². The summed E-state index contributed by atoms with van der Waals surface area (Å²) in [5, 5.41) is 18.6. The van der Waals surface area contributed by atoms with E-state index < -0.39 is 0 Å². The van der Waals surface area contributed by atoms with Gasteiger partial charge in [0.25, 0.3) is 0 Å². The molecule has 0 amide bonds. The third-order valence-corrected chi connectivity index (χ3v) is 3.64. The van der Waals surface area contributed by atoms with Crippen LogP contribution in [0.15, 0.2) is 12.3 Å². The lowest BCUT2D eigenvalue weighted by Gasteiger charge is -2.23. The Labute approximate surface area is 118 Å². The molecular weight excluding hydrogens is 266 g/mol. The number of hydrogen-bond donors (Lipinski definition) is 2. The molecule has 1 aromatic rings. The van der Waals surface area contributed by atoms with Crippen LogP contribution in [0.3, 0.4) is 0 Å². The highest BCUT2D eigenvalue weighted by atomic mass is 35.5. The van der Waals surface area contributed by atoms with Gasteiger partial charge in [-0.15, -0.1) is 0 Å². The number of nitrogens with zero attached hydrogens (tertiary/aromatic N) is 3. The van der Waals surface area contributed by atoms with Gasteiger partial charge in [0.15, 0.2) is 0 Å². The van der Waals surface area contributed by atoms with Crippen molar-refractivity contribution in [2.45, 2.75) is 13.0 Å². The van der Waals surface area contributed by atoms with Crippen molar-refractivity contribution in [2.24, 2.45) is 0 Å². The molecule has 106 valence electrons. The minimum Gasteiger partial charge on any atom is -0.395 e. The number of rotatable bonds is 4. The molecule has 19 heavy (non-hydrogen) atoms. The molecule has 0 aliphatic carbocycles. The highest BCUT2D eigenvalue weighted by Gasteiger charge is 2.17. The summed E-state index contributed by atoms with van der Waals surface area (Å²) in [6, 6.07) is 1.76. The molecule has 0 atom stereocenters. The molecule has 1 saturated heterocycles. The van der Waals surface area contributed by atoms with Gasteiger partial charge in [0.2, 0.25) is 0 Å². The quantitative estimate of drug-likeness (QED) is 0.854. The van der Waals surface area contributed by atoms with Gasteiger partial charge in [-0.3, -0.25) is 4.90 Å². The number of hydrogen-bond acceptors (Lipinski definition) is 5. The largest absolute Gasteiger partial charge is 0.395 e. The Morgan fingerprint density at radius 1 is 1.21 bits per heavy atom. The predicted molar refractivity (Wildman–Crippen MR) is 75.5 cm³/mol. The number of aromatic nitrogens is 1. The minimum atomic E-state index is -0.0444. The van der Waals surface area contributed by atoms with Gasteiger partial charge < -0.3 is 15.1 Å². The van der Waals surface area contributed by atoms with Gasteiger partial charge in [0.1, 0.15) is 5.82 Å². The summed E-state index contributed by atoms with van der Waals surface area (Å²) in [5.74, 6) is 0.782. The summed E-state index contributed by atoms with van der Waals surface area (Å²) in [6.45, 7) is 4.53. The summed E-state index contributed by atoms with van der Waals surface area (Å²) < 4.78 is 0. The second-order valence-corrected chi connectivity index (χ2v) is 5.12. The smallest absolute Gasteiger partial charge is 0.147 e. The first kappa shape index (κ1) is 14.5. The predicted octanol–water partition coefficient (Wildman–Crippen LogP) is 0.732. The van der Waals surface area contributed by atoms with Gasteiger partial charge in [0.05, 0.1) is 18.2 Å². The van der Waals surface area contributed by atoms with Crippen LogP contribution in [0.25, 0.3) is 0 Å². The second kappa shape index (κ2) is 7.05. The Bertz CT molecular complexity index is 417. The van der Waals surface area contributed by atoms with Crippen molar-refractivity contribution >= 4 is 17.4 Å². The van der Waals surface area contributed by atoms with E-state index in [1.165, 1.54) is 0 Å². The SMILES string of the molecule is OCCN1CCCN(c2ncc(CO)cc2Cl)CC1. The van der Waals surface area contributed by atoms with Crippen molar-refractivity contribution in [2.75, 3.05) is 44.2 Å². The monoisotopic (exact) mass is 285 g/mol. The van der Waals surface area contributed by atoms with Crippen LogP contribution in [0.2, 0.25) is 5.02 Å². The zero-order valence-corrected chi connectivity index (χ0v) is 11.7. The highest BCUT2D eigenvalue weighted by molar-refractivity contribution is 6.33. The lowest BCUT2D eigenvalue weighted by molar-refractivity contribution is 0.204. The summed E-state index contributed by atoms with van der Waals surface area (Å²) >= 11 is 6.22. The highest BCUT2D eigenvalue weighted by Crippen LogP contribution is 2.25. The third-order valence-electron chi connectivity index (χ3n) is 3.37. The van der Waals surface area contributed by atoms with Crippen LogP contribution in [0.4, 0.5) is 5.82 Å². The molecular formula is C13H20ClN3O2. The van der Waals surface area contributed by atoms with E-state index in [0.717, 1.165) is 50.5 Å². The van der Waals surface area contributed by atoms with E-state index in [0.29, 0.717) is 5.02 Å². The second-order valence-electron chi connectivity index (χ2n) is 4.71. The first-order valence-electron chi connectivity index (χ1n) is 6.58. The number of β-amino-alcohol motifs (C(OH)–C–C–N with tert-alkyl or cyclic N) is 1. The van der Waals surface area contributed by atoms with Gasteiger partial charge in [0, 0.05) is 32.4 Å². The molecule has 0 aromatic carbocycles. The number of anilines is 1. The van der Waals surface area contributed by atoms with Gasteiger partial charge >= 0.3 is 0 Å². The van der Waals surface area contributed by atoms with E-state index in [9.17, 15) is 0 Å². The first-order chi connectivity index (χ1) is 9.24. The van der Waals surface area contributed by atoms with Crippen molar-refractivity contribution in [3.8, 4) is 0 Å². The molecule has 1 aromatic heterocycles. The lowest BCUT2D eigenvalue weighted by atomic mass is 10.3. The van der Waals surface area contributed by atoms with Crippen LogP contribution >= 0.6 is 11.6 Å². The van der Waals surface area contributed by atoms with Gasteiger partial charge in [-0.2, -0.15) is 0 Å². The number of pyridine rings is 1. The summed E-state index contributed by atoms with van der Waals surface area (Å²) in [4.78, 5) is 8.77. The number of halogens is 1. The van der Waals surface area contributed by atoms with E-state index in [1.54, 1.807) is 12.3 Å². The van der Waals surface area contributed by atoms with Crippen LogP contribution in [0.5, 0.6) is 0 Å². The van der Waals surface area contributed by atoms with Crippen LogP contribution in [-0.4, -0.2) is 59.4 Å². The Balaban J connectivity index is 2.05. The fourth-order valence-corrected chi connectivity index (χ4v) is 2.65. The van der Waals surface area contributed by atoms with Gasteiger partial charge in [-0.1, -0.05) is 11.6 Å². The number of aliphatic hydroxyl groups is 2. The van der Waals surface area contributed by atoms with Crippen LogP contribution in [-0.2, 0) is 6.61 Å². The fraction of sp³-hybridized carbons (Fsp3) is 0.615. The Hall–Kier alpha value is -0.880. The molecule has 5 nitrogen and oxygen atoms in total. The summed E-state index contributed by atoms with van der Waals surface area (Å²) in [7, 11) is 0. The van der Waals surface area contributed by atoms with Crippen molar-refractivity contribution in [3.05, 3.63) is 22.8 Å². The molecule has 0 spiro atoms. The normalized spacial score (nSPS) is 17.5. The van der Waals surface area contributed by atoms with Crippen LogP contribution < -0.4 is 4.90 Å². The average molecular weight is 286 g/mol. The minimum absolute atomic E-state index is 0.0444. The van der Waals surface area contributed by atoms with Crippen molar-refractivity contribution < 1.29 is 10.2 Å². The molecule has 1 fully saturated rings. The first-order valence-corrected chi connectivity index (χ1v) is 6.96. The van der Waals surface area contributed by atoms with E-state index in [2.05, 4.69) is 14.8 Å². The standard InChI is InChI=1S/C13H20ClN3O2/c14-12-8-11(10-19)9-15-13(12)17-3-1-2-16(4-5-17)6-7-18/h8-9,18-19H,1-7,10H2. The maximum atomic E-state index is 9.06. The number of aliphatic hydroxyl groups excluding tert-OH is 2. The third kappa shape index (κ3) is 3.79. The Morgan fingerprint density at radius 2 is 2.05 bits per heavy atom. The molecule has 2 N–H and O–H groups in total. The van der Waals surface area contributed by atoms with E-state index in [-0.39, 0.29) is 13.2 Å². The molecule has 1 aliphatic rings. The average Bonchev–Trinajstić information content (AvgIpc) is 2.65. The molecule has 1 aliphatic heterocycles. The van der Waals surface area contributed by atoms with E-state index in [1.807, 2.05) is 0 Å². The van der Waals surface area contributed by atoms with Gasteiger partial charge in [-0.25, -0.2) is 4.98 Å². The van der Waals surface area contributed by atoms with Crippen molar-refractivity contribution in [3.63, 3.8) is 0 Å². The van der Waals surface area contributed by atoms with Crippen molar-refractivity contribution in [1.29, 1.82) is 0 Å². The Kier molecular flexibility index (Phi) is 5.39. The molecule has 2 heterocycles. The summed E-state index contributed by atoms with van der Waals surface area (Å²) in [5.41, 5.74) is 0.727. The molecule has 6 heteroatoms.